The molecule has 0 aliphatic heterocycles. The average molecular weight is 282 g/mol. The summed E-state index contributed by atoms with van der Waals surface area (Å²) in [4.78, 5) is 4.25. The van der Waals surface area contributed by atoms with Gasteiger partial charge in [-0.3, -0.25) is 14.4 Å². The summed E-state index contributed by atoms with van der Waals surface area (Å²) in [6.07, 6.45) is 1.87. The Morgan fingerprint density at radius 1 is 1.11 bits per heavy atom. The third kappa shape index (κ3) is 4.95. The smallest absolute Gasteiger partial charge is 0.349 e. The highest BCUT2D eigenvalue weighted by molar-refractivity contribution is 5.74. The number of nitrogens with zero attached hydrogens (tertiary/aromatic N) is 3. The fraction of sp³-hybridized carbons (Fsp3) is 0.400. The molecule has 1 rings (SSSR count). The van der Waals surface area contributed by atoms with Crippen LogP contribution in [0.2, 0.25) is 0 Å². The molecule has 0 saturated carbocycles. The van der Waals surface area contributed by atoms with Gasteiger partial charge in [0, 0.05) is 0 Å². The van der Waals surface area contributed by atoms with Crippen LogP contribution in [0.1, 0.15) is 11.1 Å². The molecule has 0 aromatic heterocycles. The van der Waals surface area contributed by atoms with Crippen LogP contribution >= 0.6 is 0 Å². The zero-order valence-electron chi connectivity index (χ0n) is 12.5. The van der Waals surface area contributed by atoms with E-state index in [2.05, 4.69) is 80.5 Å². The molecule has 3 nitrogen and oxygen atoms in total. The van der Waals surface area contributed by atoms with Gasteiger partial charge in [0.25, 0.3) is 0 Å². The summed E-state index contributed by atoms with van der Waals surface area (Å²) in [5.74, 6) is 1.18. The summed E-state index contributed by atoms with van der Waals surface area (Å²) in [6, 6.07) is 8.50. The highest BCUT2D eigenvalue weighted by Gasteiger charge is 2.15. The third-order valence-electron chi connectivity index (χ3n) is 2.78. The van der Waals surface area contributed by atoms with Crippen LogP contribution in [0.4, 0.5) is 0 Å². The molecule has 0 unspecified atom stereocenters. The molecule has 0 aliphatic rings. The van der Waals surface area contributed by atoms with E-state index in [1.807, 2.05) is 6.08 Å². The molecule has 0 heterocycles. The average Bonchev–Trinajstić information content (AvgIpc) is 2.28. The van der Waals surface area contributed by atoms with Gasteiger partial charge >= 0.3 is 5.96 Å². The second-order valence-corrected chi connectivity index (χ2v) is 4.89. The van der Waals surface area contributed by atoms with Crippen molar-refractivity contribution in [1.82, 2.24) is 9.80 Å². The van der Waals surface area contributed by atoms with E-state index < -0.39 is 0 Å². The lowest BCUT2D eigenvalue weighted by Crippen LogP contribution is -3.00. The summed E-state index contributed by atoms with van der Waals surface area (Å²) in [6.45, 7) is 4.66. The predicted molar refractivity (Wildman–Crippen MR) is 78.8 cm³/mol. The highest BCUT2D eigenvalue weighted by Crippen LogP contribution is 2.06. The first-order chi connectivity index (χ1) is 8.45. The standard InChI is InChI=1S/C15H24N3.ClH/c1-7-13-8-10-14(11-9-13)12-18(6)15(16(2)3)17(4)5;/h7-11H,1,12H2,2-6H3;1H/q+1;/p-1. The van der Waals surface area contributed by atoms with Crippen LogP contribution in [0.5, 0.6) is 0 Å². The molecular weight excluding hydrogens is 258 g/mol. The fourth-order valence-electron chi connectivity index (χ4n) is 2.19. The second kappa shape index (κ2) is 7.85. The summed E-state index contributed by atoms with van der Waals surface area (Å²) < 4.78 is 2.24. The van der Waals surface area contributed by atoms with Crippen molar-refractivity contribution >= 4 is 12.0 Å². The van der Waals surface area contributed by atoms with Gasteiger partial charge in [0.2, 0.25) is 0 Å². The minimum absolute atomic E-state index is 0. The van der Waals surface area contributed by atoms with Gasteiger partial charge in [0.15, 0.2) is 0 Å². The zero-order chi connectivity index (χ0) is 13.7. The first-order valence-electron chi connectivity index (χ1n) is 6.09. The van der Waals surface area contributed by atoms with E-state index in [0.717, 1.165) is 12.1 Å². The van der Waals surface area contributed by atoms with Crippen LogP contribution < -0.4 is 12.4 Å². The lowest BCUT2D eigenvalue weighted by atomic mass is 10.1. The van der Waals surface area contributed by atoms with E-state index in [0.29, 0.717) is 0 Å². The molecule has 0 atom stereocenters. The zero-order valence-corrected chi connectivity index (χ0v) is 13.3. The predicted octanol–water partition coefficient (Wildman–Crippen LogP) is -1.04. The van der Waals surface area contributed by atoms with Crippen molar-refractivity contribution in [2.24, 2.45) is 0 Å². The molecular formula is C15H24ClN3. The van der Waals surface area contributed by atoms with Crippen molar-refractivity contribution in [3.05, 3.63) is 42.0 Å². The molecule has 0 bridgehead atoms. The van der Waals surface area contributed by atoms with Crippen LogP contribution in [-0.4, -0.2) is 55.6 Å². The summed E-state index contributed by atoms with van der Waals surface area (Å²) in [5, 5.41) is 0. The van der Waals surface area contributed by atoms with Gasteiger partial charge in [-0.25, -0.2) is 0 Å². The Kier molecular flexibility index (Phi) is 7.23. The van der Waals surface area contributed by atoms with E-state index in [9.17, 15) is 0 Å². The Morgan fingerprint density at radius 2 is 1.58 bits per heavy atom. The van der Waals surface area contributed by atoms with Crippen molar-refractivity contribution < 1.29 is 17.0 Å². The monoisotopic (exact) mass is 281 g/mol. The van der Waals surface area contributed by atoms with Crippen LogP contribution in [0, 0.1) is 0 Å². The van der Waals surface area contributed by atoms with Gasteiger partial charge in [-0.2, -0.15) is 0 Å². The first-order valence-corrected chi connectivity index (χ1v) is 6.09. The SMILES string of the molecule is C=Cc1ccc(C[N+](C)=C(N(C)C)N(C)C)cc1.[Cl-]. The van der Waals surface area contributed by atoms with Crippen molar-refractivity contribution in [1.29, 1.82) is 0 Å². The fourth-order valence-corrected chi connectivity index (χ4v) is 2.19. The van der Waals surface area contributed by atoms with Gasteiger partial charge < -0.3 is 12.4 Å². The minimum atomic E-state index is 0. The van der Waals surface area contributed by atoms with Crippen LogP contribution in [-0.2, 0) is 6.54 Å². The summed E-state index contributed by atoms with van der Waals surface area (Å²) in [5.41, 5.74) is 2.45. The molecule has 19 heavy (non-hydrogen) atoms. The molecule has 0 amide bonds. The number of guanidine groups is 1. The van der Waals surface area contributed by atoms with E-state index >= 15 is 0 Å². The summed E-state index contributed by atoms with van der Waals surface area (Å²) >= 11 is 0. The molecule has 0 fully saturated rings. The van der Waals surface area contributed by atoms with Gasteiger partial charge in [-0.15, -0.1) is 0 Å². The maximum Gasteiger partial charge on any atom is 0.349 e. The van der Waals surface area contributed by atoms with Gasteiger partial charge in [-0.05, 0) is 11.1 Å². The number of rotatable bonds is 3. The van der Waals surface area contributed by atoms with Gasteiger partial charge in [0.1, 0.15) is 0 Å². The van der Waals surface area contributed by atoms with E-state index in [1.54, 1.807) is 0 Å². The Bertz CT molecular complexity index is 423. The minimum Gasteiger partial charge on any atom is -1.00 e. The molecule has 4 heteroatoms. The second-order valence-electron chi connectivity index (χ2n) is 4.89. The lowest BCUT2D eigenvalue weighted by molar-refractivity contribution is -0.523. The Balaban J connectivity index is 0.00000324. The van der Waals surface area contributed by atoms with E-state index in [1.165, 1.54) is 11.5 Å². The van der Waals surface area contributed by atoms with E-state index in [4.69, 9.17) is 0 Å². The molecule has 0 aliphatic carbocycles. The molecule has 1 aromatic rings. The van der Waals surface area contributed by atoms with Gasteiger partial charge in [-0.1, -0.05) is 36.9 Å². The topological polar surface area (TPSA) is 9.49 Å². The number of halogens is 1. The van der Waals surface area contributed by atoms with Crippen LogP contribution in [0.15, 0.2) is 30.8 Å². The first kappa shape index (κ1) is 17.5. The van der Waals surface area contributed by atoms with Gasteiger partial charge in [0.05, 0.1) is 41.8 Å². The molecule has 0 N–H and O–H groups in total. The normalized spacial score (nSPS) is 9.32. The molecule has 0 radical (unpaired) electrons. The van der Waals surface area contributed by atoms with Crippen molar-refractivity contribution in [2.45, 2.75) is 6.54 Å². The van der Waals surface area contributed by atoms with Crippen LogP contribution in [0.25, 0.3) is 6.08 Å². The molecule has 0 saturated heterocycles. The van der Waals surface area contributed by atoms with E-state index in [-0.39, 0.29) is 12.4 Å². The maximum absolute atomic E-state index is 3.77. The Morgan fingerprint density at radius 3 is 1.95 bits per heavy atom. The Hall–Kier alpha value is -1.48. The highest BCUT2D eigenvalue weighted by atomic mass is 35.5. The third-order valence-corrected chi connectivity index (χ3v) is 2.78. The molecule has 1 aromatic carbocycles. The van der Waals surface area contributed by atoms with Crippen molar-refractivity contribution in [3.63, 3.8) is 0 Å². The summed E-state index contributed by atoms with van der Waals surface area (Å²) in [7, 11) is 10.4. The number of hydrogen-bond acceptors (Lipinski definition) is 0. The lowest BCUT2D eigenvalue weighted by Gasteiger charge is -2.19. The van der Waals surface area contributed by atoms with Crippen molar-refractivity contribution in [3.8, 4) is 0 Å². The quantitative estimate of drug-likeness (QED) is 0.398. The number of benzene rings is 1. The number of hydrogen-bond donors (Lipinski definition) is 0. The maximum atomic E-state index is 3.77. The molecule has 0 spiro atoms. The van der Waals surface area contributed by atoms with Crippen LogP contribution in [0.3, 0.4) is 0 Å². The van der Waals surface area contributed by atoms with Crippen molar-refractivity contribution in [2.75, 3.05) is 35.2 Å². The Labute approximate surface area is 123 Å². The largest absolute Gasteiger partial charge is 1.00 e. The molecule has 106 valence electrons.